The summed E-state index contributed by atoms with van der Waals surface area (Å²) in [5, 5.41) is 0. The van der Waals surface area contributed by atoms with Crippen LogP contribution in [0.2, 0.25) is 0 Å². The summed E-state index contributed by atoms with van der Waals surface area (Å²) in [5.74, 6) is 0. The van der Waals surface area contributed by atoms with Gasteiger partial charge in [0.05, 0.1) is 6.54 Å². The molecule has 0 aromatic carbocycles. The summed E-state index contributed by atoms with van der Waals surface area (Å²) in [6, 6.07) is 1.46. The van der Waals surface area contributed by atoms with Gasteiger partial charge < -0.3 is 24.3 Å². The van der Waals surface area contributed by atoms with Crippen molar-refractivity contribution in [3.8, 4) is 0 Å². The van der Waals surface area contributed by atoms with Gasteiger partial charge in [0.15, 0.2) is 0 Å². The topological polar surface area (TPSA) is 39.3 Å². The number of amides is 1. The molecule has 1 spiro atoms. The van der Waals surface area contributed by atoms with E-state index >= 15 is 0 Å². The van der Waals surface area contributed by atoms with Crippen LogP contribution in [-0.2, 0) is 4.74 Å². The molecule has 0 bridgehead atoms. The minimum Gasteiger partial charge on any atom is -0.441 e. The number of ether oxygens (including phenoxy) is 1. The van der Waals surface area contributed by atoms with Gasteiger partial charge in [-0.15, -0.1) is 0 Å². The second-order valence-electron chi connectivity index (χ2n) is 10.2. The van der Waals surface area contributed by atoms with E-state index in [1.54, 1.807) is 0 Å². The highest BCUT2D eigenvalue weighted by Crippen LogP contribution is 2.35. The predicted octanol–water partition coefficient (Wildman–Crippen LogP) is 3.02. The van der Waals surface area contributed by atoms with Gasteiger partial charge in [0.1, 0.15) is 5.60 Å². The van der Waals surface area contributed by atoms with Crippen molar-refractivity contribution in [3.63, 3.8) is 0 Å². The summed E-state index contributed by atoms with van der Waals surface area (Å²) in [5.41, 5.74) is -0.206. The predicted molar refractivity (Wildman–Crippen MR) is 116 cm³/mol. The van der Waals surface area contributed by atoms with E-state index in [-0.39, 0.29) is 11.7 Å². The standard InChI is InChI=1S/C23H42N4O2/c1-24(2)21-10-15-25(18-21)13-7-14-27-19-23(29-22(27)28)11-16-26(17-12-23)20-8-5-3-4-6-9-20/h20-21H,3-19H2,1-2H3/t21-/m0/s1. The molecule has 3 saturated heterocycles. The molecule has 6 nitrogen and oxygen atoms in total. The Hall–Kier alpha value is -0.850. The average Bonchev–Trinajstić information content (AvgIpc) is 3.18. The fourth-order valence-electron chi connectivity index (χ4n) is 5.97. The van der Waals surface area contributed by atoms with Crippen LogP contribution in [0.25, 0.3) is 0 Å². The van der Waals surface area contributed by atoms with Gasteiger partial charge in [-0.2, -0.15) is 0 Å². The molecule has 1 atom stereocenters. The average molecular weight is 407 g/mol. The number of likely N-dealkylation sites (N-methyl/N-ethyl adjacent to an activating group) is 1. The van der Waals surface area contributed by atoms with Crippen molar-refractivity contribution in [1.29, 1.82) is 0 Å². The zero-order valence-electron chi connectivity index (χ0n) is 18.8. The highest BCUT2D eigenvalue weighted by molar-refractivity contribution is 5.70. The third-order valence-corrected chi connectivity index (χ3v) is 7.97. The molecule has 1 amide bonds. The lowest BCUT2D eigenvalue weighted by molar-refractivity contribution is -0.0118. The van der Waals surface area contributed by atoms with Crippen molar-refractivity contribution >= 4 is 6.09 Å². The van der Waals surface area contributed by atoms with E-state index in [9.17, 15) is 4.79 Å². The number of rotatable bonds is 6. The summed E-state index contributed by atoms with van der Waals surface area (Å²) in [4.78, 5) is 22.1. The first kappa shape index (κ1) is 21.4. The molecule has 0 radical (unpaired) electrons. The third-order valence-electron chi connectivity index (χ3n) is 7.97. The van der Waals surface area contributed by atoms with Crippen LogP contribution in [0, 0.1) is 0 Å². The van der Waals surface area contributed by atoms with Gasteiger partial charge in [0.25, 0.3) is 0 Å². The van der Waals surface area contributed by atoms with Gasteiger partial charge in [-0.05, 0) is 52.9 Å². The monoisotopic (exact) mass is 406 g/mol. The second-order valence-corrected chi connectivity index (χ2v) is 10.2. The van der Waals surface area contributed by atoms with E-state index in [2.05, 4.69) is 28.8 Å². The molecule has 4 fully saturated rings. The van der Waals surface area contributed by atoms with E-state index in [1.807, 2.05) is 4.90 Å². The number of hydrogen-bond donors (Lipinski definition) is 0. The maximum absolute atomic E-state index is 12.5. The maximum atomic E-state index is 12.5. The van der Waals surface area contributed by atoms with E-state index < -0.39 is 0 Å². The van der Waals surface area contributed by atoms with Crippen LogP contribution in [0.15, 0.2) is 0 Å². The molecule has 1 aliphatic carbocycles. The number of likely N-dealkylation sites (tertiary alicyclic amines) is 2. The Kier molecular flexibility index (Phi) is 7.02. The summed E-state index contributed by atoms with van der Waals surface area (Å²) < 4.78 is 5.97. The largest absolute Gasteiger partial charge is 0.441 e. The molecular formula is C23H42N4O2. The van der Waals surface area contributed by atoms with Crippen LogP contribution in [0.4, 0.5) is 4.79 Å². The lowest BCUT2D eigenvalue weighted by atomic mass is 9.89. The molecule has 29 heavy (non-hydrogen) atoms. The van der Waals surface area contributed by atoms with Crippen LogP contribution < -0.4 is 0 Å². The third kappa shape index (κ3) is 5.26. The first-order valence-corrected chi connectivity index (χ1v) is 12.2. The van der Waals surface area contributed by atoms with Gasteiger partial charge in [0.2, 0.25) is 0 Å². The van der Waals surface area contributed by atoms with Gasteiger partial charge >= 0.3 is 6.09 Å². The molecule has 166 valence electrons. The second kappa shape index (κ2) is 9.52. The van der Waals surface area contributed by atoms with E-state index in [4.69, 9.17) is 4.74 Å². The number of piperidine rings is 1. The first-order chi connectivity index (χ1) is 14.0. The molecule has 0 aromatic rings. The van der Waals surface area contributed by atoms with Crippen molar-refractivity contribution < 1.29 is 9.53 Å². The van der Waals surface area contributed by atoms with Crippen molar-refractivity contribution in [1.82, 2.24) is 19.6 Å². The van der Waals surface area contributed by atoms with Crippen molar-refractivity contribution in [2.24, 2.45) is 0 Å². The lowest BCUT2D eigenvalue weighted by Gasteiger charge is -2.41. The normalized spacial score (nSPS) is 29.7. The minimum atomic E-state index is -0.206. The van der Waals surface area contributed by atoms with E-state index in [1.165, 1.54) is 58.0 Å². The van der Waals surface area contributed by atoms with Crippen LogP contribution in [-0.4, -0.2) is 103 Å². The number of carbonyl (C=O) groups excluding carboxylic acids is 1. The lowest BCUT2D eigenvalue weighted by Crippen LogP contribution is -2.50. The highest BCUT2D eigenvalue weighted by Gasteiger charge is 2.47. The van der Waals surface area contributed by atoms with Crippen LogP contribution in [0.5, 0.6) is 0 Å². The van der Waals surface area contributed by atoms with Gasteiger partial charge in [0, 0.05) is 51.1 Å². The van der Waals surface area contributed by atoms with E-state index in [0.29, 0.717) is 6.04 Å². The summed E-state index contributed by atoms with van der Waals surface area (Å²) in [6.07, 6.45) is 12.6. The van der Waals surface area contributed by atoms with E-state index in [0.717, 1.165) is 58.0 Å². The van der Waals surface area contributed by atoms with Gasteiger partial charge in [-0.1, -0.05) is 25.7 Å². The Balaban J connectivity index is 1.19. The molecule has 0 aromatic heterocycles. The Morgan fingerprint density at radius 1 is 1.00 bits per heavy atom. The summed E-state index contributed by atoms with van der Waals surface area (Å²) >= 11 is 0. The van der Waals surface area contributed by atoms with Crippen molar-refractivity contribution in [2.45, 2.75) is 81.9 Å². The number of hydrogen-bond acceptors (Lipinski definition) is 5. The molecule has 0 N–H and O–H groups in total. The van der Waals surface area contributed by atoms with Crippen molar-refractivity contribution in [3.05, 3.63) is 0 Å². The SMILES string of the molecule is CN(C)[C@H]1CCN(CCCN2CC3(CCN(C4CCCCCC4)CC3)OC2=O)C1. The maximum Gasteiger partial charge on any atom is 0.410 e. The molecule has 0 unspecified atom stereocenters. The molecule has 3 aliphatic heterocycles. The number of carbonyl (C=O) groups is 1. The van der Waals surface area contributed by atoms with Crippen molar-refractivity contribution in [2.75, 3.05) is 59.9 Å². The minimum absolute atomic E-state index is 0.0690. The fraction of sp³-hybridized carbons (Fsp3) is 0.957. The van der Waals surface area contributed by atoms with Gasteiger partial charge in [-0.25, -0.2) is 4.79 Å². The fourth-order valence-corrected chi connectivity index (χ4v) is 5.97. The van der Waals surface area contributed by atoms with Gasteiger partial charge in [-0.3, -0.25) is 0 Å². The van der Waals surface area contributed by atoms with Crippen LogP contribution >= 0.6 is 0 Å². The molecule has 3 heterocycles. The zero-order chi connectivity index (χ0) is 20.3. The quantitative estimate of drug-likeness (QED) is 0.634. The molecule has 6 heteroatoms. The highest BCUT2D eigenvalue weighted by atomic mass is 16.6. The summed E-state index contributed by atoms with van der Waals surface area (Å²) in [6.45, 7) is 7.31. The Labute approximate surface area is 177 Å². The Morgan fingerprint density at radius 3 is 2.38 bits per heavy atom. The molecule has 4 rings (SSSR count). The molecular weight excluding hydrogens is 364 g/mol. The van der Waals surface area contributed by atoms with Crippen LogP contribution in [0.3, 0.4) is 0 Å². The summed E-state index contributed by atoms with van der Waals surface area (Å²) in [7, 11) is 4.35. The Bertz CT molecular complexity index is 539. The molecule has 4 aliphatic rings. The smallest absolute Gasteiger partial charge is 0.410 e. The molecule has 1 saturated carbocycles. The first-order valence-electron chi connectivity index (χ1n) is 12.2. The van der Waals surface area contributed by atoms with Crippen LogP contribution in [0.1, 0.15) is 64.2 Å². The Morgan fingerprint density at radius 2 is 1.72 bits per heavy atom. The number of nitrogens with zero attached hydrogens (tertiary/aromatic N) is 4. The zero-order valence-corrected chi connectivity index (χ0v) is 18.8.